The monoisotopic (exact) mass is 307 g/mol. The Morgan fingerprint density at radius 3 is 2.86 bits per heavy atom. The van der Waals surface area contributed by atoms with Crippen LogP contribution in [0.5, 0.6) is 0 Å². The van der Waals surface area contributed by atoms with Crippen molar-refractivity contribution in [3.63, 3.8) is 0 Å². The number of aliphatic carboxylic acids is 1. The van der Waals surface area contributed by atoms with Crippen molar-refractivity contribution in [3.8, 4) is 0 Å². The van der Waals surface area contributed by atoms with Gasteiger partial charge in [0.15, 0.2) is 0 Å². The molecule has 2 aliphatic rings. The van der Waals surface area contributed by atoms with E-state index in [-0.39, 0.29) is 11.9 Å². The van der Waals surface area contributed by atoms with Crippen molar-refractivity contribution >= 4 is 11.7 Å². The molecule has 1 atom stereocenters. The molecule has 2 heterocycles. The minimum atomic E-state index is -0.810. The SMILES string of the molecule is O=C(O)C1(C[C@H]2CC(c3cccc(F)c3)=NO2)CCOCC1. The fraction of sp³-hybridized carbons (Fsp3) is 0.500. The second-order valence-electron chi connectivity index (χ2n) is 5.88. The molecule has 5 nitrogen and oxygen atoms in total. The summed E-state index contributed by atoms with van der Waals surface area (Å²) in [5, 5.41) is 13.6. The molecular formula is C16H18FNO4. The van der Waals surface area contributed by atoms with E-state index in [0.29, 0.717) is 50.2 Å². The van der Waals surface area contributed by atoms with Crippen molar-refractivity contribution < 1.29 is 23.9 Å². The van der Waals surface area contributed by atoms with Crippen LogP contribution in [0, 0.1) is 11.2 Å². The maximum absolute atomic E-state index is 13.3. The van der Waals surface area contributed by atoms with Gasteiger partial charge in [0, 0.05) is 31.6 Å². The van der Waals surface area contributed by atoms with Crippen LogP contribution in [0.15, 0.2) is 29.4 Å². The van der Waals surface area contributed by atoms with Crippen LogP contribution in [0.2, 0.25) is 0 Å². The molecule has 6 heteroatoms. The van der Waals surface area contributed by atoms with E-state index in [1.165, 1.54) is 12.1 Å². The van der Waals surface area contributed by atoms with Gasteiger partial charge < -0.3 is 14.7 Å². The van der Waals surface area contributed by atoms with Gasteiger partial charge in [0.2, 0.25) is 0 Å². The summed E-state index contributed by atoms with van der Waals surface area (Å²) < 4.78 is 18.5. The van der Waals surface area contributed by atoms with E-state index >= 15 is 0 Å². The highest BCUT2D eigenvalue weighted by atomic mass is 19.1. The highest BCUT2D eigenvalue weighted by Crippen LogP contribution is 2.38. The first-order chi connectivity index (χ1) is 10.6. The lowest BCUT2D eigenvalue weighted by molar-refractivity contribution is -0.158. The minimum absolute atomic E-state index is 0.285. The molecule has 1 aromatic rings. The fourth-order valence-electron chi connectivity index (χ4n) is 3.08. The number of nitrogens with zero attached hydrogens (tertiary/aromatic N) is 1. The topological polar surface area (TPSA) is 68.1 Å². The zero-order valence-electron chi connectivity index (χ0n) is 12.1. The number of halogens is 1. The summed E-state index contributed by atoms with van der Waals surface area (Å²) in [6.07, 6.45) is 1.58. The van der Waals surface area contributed by atoms with E-state index in [4.69, 9.17) is 9.57 Å². The molecule has 0 aromatic heterocycles. The Hall–Kier alpha value is -1.95. The lowest BCUT2D eigenvalue weighted by atomic mass is 9.75. The van der Waals surface area contributed by atoms with Crippen molar-refractivity contribution in [2.45, 2.75) is 31.8 Å². The summed E-state index contributed by atoms with van der Waals surface area (Å²) in [5.74, 6) is -1.13. The lowest BCUT2D eigenvalue weighted by Crippen LogP contribution is -2.40. The number of carboxylic acids is 1. The summed E-state index contributed by atoms with van der Waals surface area (Å²) in [6, 6.07) is 6.18. The normalized spacial score (nSPS) is 23.7. The summed E-state index contributed by atoms with van der Waals surface area (Å²) in [5.41, 5.74) is 0.534. The average molecular weight is 307 g/mol. The van der Waals surface area contributed by atoms with Gasteiger partial charge in [-0.2, -0.15) is 0 Å². The molecular weight excluding hydrogens is 289 g/mol. The highest BCUT2D eigenvalue weighted by Gasteiger charge is 2.43. The Labute approximate surface area is 127 Å². The van der Waals surface area contributed by atoms with Crippen LogP contribution in [-0.2, 0) is 14.4 Å². The molecule has 118 valence electrons. The maximum Gasteiger partial charge on any atom is 0.309 e. The molecule has 1 saturated heterocycles. The van der Waals surface area contributed by atoms with Gasteiger partial charge in [0.25, 0.3) is 0 Å². The van der Waals surface area contributed by atoms with Crippen molar-refractivity contribution in [1.29, 1.82) is 0 Å². The Bertz CT molecular complexity index is 596. The van der Waals surface area contributed by atoms with Crippen LogP contribution in [0.4, 0.5) is 4.39 Å². The van der Waals surface area contributed by atoms with Gasteiger partial charge in [-0.25, -0.2) is 4.39 Å². The number of rotatable bonds is 4. The predicted octanol–water partition coefficient (Wildman–Crippen LogP) is 2.59. The van der Waals surface area contributed by atoms with Crippen molar-refractivity contribution in [1.82, 2.24) is 0 Å². The number of hydrogen-bond donors (Lipinski definition) is 1. The molecule has 22 heavy (non-hydrogen) atoms. The first-order valence-electron chi connectivity index (χ1n) is 7.39. The van der Waals surface area contributed by atoms with Crippen LogP contribution in [0.1, 0.15) is 31.2 Å². The first-order valence-corrected chi connectivity index (χ1v) is 7.39. The molecule has 0 saturated carbocycles. The molecule has 0 bridgehead atoms. The van der Waals surface area contributed by atoms with E-state index in [0.717, 1.165) is 0 Å². The summed E-state index contributed by atoms with van der Waals surface area (Å²) >= 11 is 0. The second kappa shape index (κ2) is 6.04. The van der Waals surface area contributed by atoms with Crippen LogP contribution in [0.3, 0.4) is 0 Å². The quantitative estimate of drug-likeness (QED) is 0.928. The van der Waals surface area contributed by atoms with Crippen molar-refractivity contribution in [2.24, 2.45) is 10.6 Å². The third-order valence-electron chi connectivity index (χ3n) is 4.41. The van der Waals surface area contributed by atoms with Gasteiger partial charge in [-0.15, -0.1) is 0 Å². The van der Waals surface area contributed by atoms with E-state index in [1.54, 1.807) is 12.1 Å². The van der Waals surface area contributed by atoms with Gasteiger partial charge in [0.1, 0.15) is 11.9 Å². The fourth-order valence-corrected chi connectivity index (χ4v) is 3.08. The number of ether oxygens (including phenoxy) is 1. The number of hydrogen-bond acceptors (Lipinski definition) is 4. The van der Waals surface area contributed by atoms with Crippen molar-refractivity contribution in [3.05, 3.63) is 35.6 Å². The van der Waals surface area contributed by atoms with E-state index < -0.39 is 11.4 Å². The maximum atomic E-state index is 13.3. The Kier molecular flexibility index (Phi) is 4.11. The molecule has 0 radical (unpaired) electrons. The minimum Gasteiger partial charge on any atom is -0.481 e. The number of carboxylic acid groups (broad SMARTS) is 1. The molecule has 0 spiro atoms. The molecule has 1 fully saturated rings. The predicted molar refractivity (Wildman–Crippen MR) is 77.2 cm³/mol. The molecule has 2 aliphatic heterocycles. The Morgan fingerprint density at radius 2 is 2.18 bits per heavy atom. The Balaban J connectivity index is 1.67. The lowest BCUT2D eigenvalue weighted by Gasteiger charge is -2.34. The Morgan fingerprint density at radius 1 is 1.41 bits per heavy atom. The first kappa shape index (κ1) is 15.0. The zero-order valence-corrected chi connectivity index (χ0v) is 12.1. The number of benzene rings is 1. The largest absolute Gasteiger partial charge is 0.481 e. The van der Waals surface area contributed by atoms with Crippen LogP contribution < -0.4 is 0 Å². The van der Waals surface area contributed by atoms with E-state index in [9.17, 15) is 14.3 Å². The van der Waals surface area contributed by atoms with Crippen molar-refractivity contribution in [2.75, 3.05) is 13.2 Å². The molecule has 0 amide bonds. The smallest absolute Gasteiger partial charge is 0.309 e. The third kappa shape index (κ3) is 2.97. The zero-order chi connectivity index (χ0) is 15.6. The highest BCUT2D eigenvalue weighted by molar-refractivity contribution is 6.01. The molecule has 0 unspecified atom stereocenters. The van der Waals surface area contributed by atoms with Gasteiger partial charge in [-0.1, -0.05) is 17.3 Å². The van der Waals surface area contributed by atoms with E-state index in [2.05, 4.69) is 5.16 Å². The van der Waals surface area contributed by atoms with Gasteiger partial charge in [0.05, 0.1) is 11.1 Å². The molecule has 0 aliphatic carbocycles. The summed E-state index contributed by atoms with van der Waals surface area (Å²) in [7, 11) is 0. The third-order valence-corrected chi connectivity index (χ3v) is 4.41. The van der Waals surface area contributed by atoms with Crippen LogP contribution >= 0.6 is 0 Å². The van der Waals surface area contributed by atoms with Gasteiger partial charge in [-0.05, 0) is 25.0 Å². The number of carbonyl (C=O) groups is 1. The molecule has 1 N–H and O–H groups in total. The summed E-state index contributed by atoms with van der Waals surface area (Å²) in [4.78, 5) is 17.1. The number of oxime groups is 1. The van der Waals surface area contributed by atoms with Gasteiger partial charge in [-0.3, -0.25) is 4.79 Å². The van der Waals surface area contributed by atoms with Crippen LogP contribution in [-0.4, -0.2) is 36.1 Å². The van der Waals surface area contributed by atoms with E-state index in [1.807, 2.05) is 0 Å². The standard InChI is InChI=1S/C16H18FNO4/c17-12-3-1-2-11(8-12)14-9-13(22-18-14)10-16(15(19)20)4-6-21-7-5-16/h1-3,8,13H,4-7,9-10H2,(H,19,20)/t13-/m1/s1. The van der Waals surface area contributed by atoms with Gasteiger partial charge >= 0.3 is 5.97 Å². The molecule has 1 aromatic carbocycles. The molecule has 3 rings (SSSR count). The average Bonchev–Trinajstić information content (AvgIpc) is 2.96. The summed E-state index contributed by atoms with van der Waals surface area (Å²) in [6.45, 7) is 0.910. The van der Waals surface area contributed by atoms with Crippen LogP contribution in [0.25, 0.3) is 0 Å². The second-order valence-corrected chi connectivity index (χ2v) is 5.88.